The summed E-state index contributed by atoms with van der Waals surface area (Å²) >= 11 is 0. The summed E-state index contributed by atoms with van der Waals surface area (Å²) in [5, 5.41) is 10.4. The number of aromatic nitrogens is 2. The van der Waals surface area contributed by atoms with Gasteiger partial charge in [0, 0.05) is 6.07 Å². The second kappa shape index (κ2) is 2.91. The zero-order valence-electron chi connectivity index (χ0n) is 6.95. The molecule has 6 nitrogen and oxygen atoms in total. The van der Waals surface area contributed by atoms with Crippen LogP contribution in [-0.4, -0.2) is 20.6 Å². The molecule has 14 heavy (non-hydrogen) atoms. The van der Waals surface area contributed by atoms with E-state index in [1.807, 2.05) is 0 Å². The van der Waals surface area contributed by atoms with Gasteiger partial charge >= 0.3 is 0 Å². The van der Waals surface area contributed by atoms with Crippen molar-refractivity contribution in [2.75, 3.05) is 0 Å². The average molecular weight is 191 g/mol. The Morgan fingerprint density at radius 2 is 2.29 bits per heavy atom. The lowest BCUT2D eigenvalue weighted by Crippen LogP contribution is -1.94. The van der Waals surface area contributed by atoms with E-state index in [9.17, 15) is 14.9 Å². The van der Waals surface area contributed by atoms with Crippen LogP contribution in [0.2, 0.25) is 0 Å². The maximum atomic E-state index is 10.5. The van der Waals surface area contributed by atoms with Crippen LogP contribution < -0.4 is 0 Å². The van der Waals surface area contributed by atoms with Gasteiger partial charge in [0.2, 0.25) is 0 Å². The van der Waals surface area contributed by atoms with Crippen LogP contribution in [0.4, 0.5) is 5.69 Å². The van der Waals surface area contributed by atoms with Crippen molar-refractivity contribution < 1.29 is 9.72 Å². The van der Waals surface area contributed by atoms with Crippen molar-refractivity contribution in [3.05, 3.63) is 40.3 Å². The minimum Gasteiger partial charge on any atom is -0.296 e. The van der Waals surface area contributed by atoms with E-state index in [-0.39, 0.29) is 5.69 Å². The van der Waals surface area contributed by atoms with Crippen molar-refractivity contribution in [2.24, 2.45) is 0 Å². The van der Waals surface area contributed by atoms with Gasteiger partial charge in [0.1, 0.15) is 11.3 Å². The molecule has 0 N–H and O–H groups in total. The fourth-order valence-corrected chi connectivity index (χ4v) is 1.18. The lowest BCUT2D eigenvalue weighted by atomic mass is 10.4. The summed E-state index contributed by atoms with van der Waals surface area (Å²) in [6.07, 6.45) is 3.24. The van der Waals surface area contributed by atoms with Gasteiger partial charge in [-0.2, -0.15) is 0 Å². The number of nitro groups is 1. The van der Waals surface area contributed by atoms with Crippen LogP contribution in [0, 0.1) is 10.1 Å². The van der Waals surface area contributed by atoms with Crippen LogP contribution in [0.3, 0.4) is 0 Å². The quantitative estimate of drug-likeness (QED) is 0.404. The first-order valence-electron chi connectivity index (χ1n) is 3.79. The van der Waals surface area contributed by atoms with Gasteiger partial charge in [-0.3, -0.25) is 19.3 Å². The molecule has 2 aromatic rings. The monoisotopic (exact) mass is 191 g/mol. The molecule has 70 valence electrons. The Labute approximate surface area is 77.9 Å². The third-order valence-electron chi connectivity index (χ3n) is 1.85. The molecule has 0 amide bonds. The van der Waals surface area contributed by atoms with Crippen LogP contribution in [0.15, 0.2) is 24.5 Å². The molecular weight excluding hydrogens is 186 g/mol. The molecule has 0 bridgehead atoms. The minimum absolute atomic E-state index is 0.0707. The average Bonchev–Trinajstić information content (AvgIpc) is 2.59. The highest BCUT2D eigenvalue weighted by Crippen LogP contribution is 2.13. The van der Waals surface area contributed by atoms with Gasteiger partial charge in [-0.15, -0.1) is 0 Å². The lowest BCUT2D eigenvalue weighted by molar-refractivity contribution is -0.385. The Hall–Kier alpha value is -2.24. The predicted molar refractivity (Wildman–Crippen MR) is 47.2 cm³/mol. The summed E-state index contributed by atoms with van der Waals surface area (Å²) in [5.41, 5.74) is 0.736. The van der Waals surface area contributed by atoms with E-state index in [1.54, 1.807) is 0 Å². The molecule has 0 fully saturated rings. The summed E-state index contributed by atoms with van der Waals surface area (Å²) in [4.78, 5) is 24.4. The fraction of sp³-hybridized carbons (Fsp3) is 0. The molecule has 2 rings (SSSR count). The van der Waals surface area contributed by atoms with Crippen molar-refractivity contribution in [1.29, 1.82) is 0 Å². The number of imidazole rings is 1. The third kappa shape index (κ3) is 1.13. The summed E-state index contributed by atoms with van der Waals surface area (Å²) in [7, 11) is 0. The molecule has 0 spiro atoms. The highest BCUT2D eigenvalue weighted by molar-refractivity contribution is 5.74. The molecular formula is C8H5N3O3. The standard InChI is InChI=1S/C8H5N3O3/c12-5-7-3-9-8-2-1-6(11(13)14)4-10(7)8/h1-5H. The Morgan fingerprint density at radius 3 is 2.93 bits per heavy atom. The highest BCUT2D eigenvalue weighted by atomic mass is 16.6. The predicted octanol–water partition coefficient (Wildman–Crippen LogP) is 1.05. The summed E-state index contributed by atoms with van der Waals surface area (Å²) in [5.74, 6) is 0. The molecule has 0 radical (unpaired) electrons. The Morgan fingerprint density at radius 1 is 1.50 bits per heavy atom. The molecule has 2 aromatic heterocycles. The van der Waals surface area contributed by atoms with E-state index < -0.39 is 4.92 Å². The maximum Gasteiger partial charge on any atom is 0.286 e. The van der Waals surface area contributed by atoms with Crippen LogP contribution >= 0.6 is 0 Å². The SMILES string of the molecule is O=Cc1cnc2ccc([N+](=O)[O-])cn12. The van der Waals surface area contributed by atoms with E-state index in [0.717, 1.165) is 0 Å². The van der Waals surface area contributed by atoms with E-state index in [0.29, 0.717) is 17.6 Å². The Kier molecular flexibility index (Phi) is 1.74. The van der Waals surface area contributed by atoms with Gasteiger partial charge in [0.25, 0.3) is 5.69 Å². The van der Waals surface area contributed by atoms with Gasteiger partial charge in [-0.1, -0.05) is 0 Å². The van der Waals surface area contributed by atoms with Crippen molar-refractivity contribution in [1.82, 2.24) is 9.38 Å². The van der Waals surface area contributed by atoms with E-state index in [4.69, 9.17) is 0 Å². The van der Waals surface area contributed by atoms with Gasteiger partial charge in [-0.25, -0.2) is 4.98 Å². The van der Waals surface area contributed by atoms with Crippen LogP contribution in [-0.2, 0) is 0 Å². The largest absolute Gasteiger partial charge is 0.296 e. The third-order valence-corrected chi connectivity index (χ3v) is 1.85. The molecule has 0 saturated heterocycles. The molecule has 0 aliphatic heterocycles. The second-order valence-corrected chi connectivity index (χ2v) is 2.67. The van der Waals surface area contributed by atoms with Crippen molar-refractivity contribution >= 4 is 17.6 Å². The molecule has 0 atom stereocenters. The molecule has 0 saturated carbocycles. The molecule has 0 aromatic carbocycles. The second-order valence-electron chi connectivity index (χ2n) is 2.67. The van der Waals surface area contributed by atoms with E-state index in [1.165, 1.54) is 28.9 Å². The van der Waals surface area contributed by atoms with Crippen molar-refractivity contribution in [2.45, 2.75) is 0 Å². The fourth-order valence-electron chi connectivity index (χ4n) is 1.18. The van der Waals surface area contributed by atoms with Gasteiger partial charge in [-0.05, 0) is 6.07 Å². The molecule has 0 aliphatic carbocycles. The van der Waals surface area contributed by atoms with Crippen LogP contribution in [0.1, 0.15) is 10.5 Å². The number of hydrogen-bond acceptors (Lipinski definition) is 4. The smallest absolute Gasteiger partial charge is 0.286 e. The Bertz CT molecular complexity index is 518. The topological polar surface area (TPSA) is 77.5 Å². The van der Waals surface area contributed by atoms with E-state index >= 15 is 0 Å². The molecule has 2 heterocycles. The number of nitrogens with zero attached hydrogens (tertiary/aromatic N) is 3. The summed E-state index contributed by atoms with van der Waals surface area (Å²) in [6, 6.07) is 2.84. The first kappa shape index (κ1) is 8.36. The minimum atomic E-state index is -0.520. The van der Waals surface area contributed by atoms with Gasteiger partial charge in [0.15, 0.2) is 6.29 Å². The lowest BCUT2D eigenvalue weighted by Gasteiger charge is -1.94. The number of hydrogen-bond donors (Lipinski definition) is 0. The first-order chi connectivity index (χ1) is 6.72. The Balaban J connectivity index is 2.73. The molecule has 6 heteroatoms. The molecule has 0 aliphatic rings. The number of rotatable bonds is 2. The van der Waals surface area contributed by atoms with Crippen molar-refractivity contribution in [3.63, 3.8) is 0 Å². The first-order valence-corrected chi connectivity index (χ1v) is 3.79. The normalized spacial score (nSPS) is 10.3. The number of carbonyl (C=O) groups is 1. The van der Waals surface area contributed by atoms with Gasteiger partial charge in [0.05, 0.1) is 17.3 Å². The molecule has 0 unspecified atom stereocenters. The number of aldehydes is 1. The number of fused-ring (bicyclic) bond motifs is 1. The van der Waals surface area contributed by atoms with Crippen LogP contribution in [0.25, 0.3) is 5.65 Å². The number of pyridine rings is 1. The van der Waals surface area contributed by atoms with Crippen molar-refractivity contribution in [3.8, 4) is 0 Å². The van der Waals surface area contributed by atoms with Crippen LogP contribution in [0.5, 0.6) is 0 Å². The highest BCUT2D eigenvalue weighted by Gasteiger charge is 2.08. The number of carbonyl (C=O) groups excluding carboxylic acids is 1. The van der Waals surface area contributed by atoms with E-state index in [2.05, 4.69) is 4.98 Å². The summed E-state index contributed by atoms with van der Waals surface area (Å²) < 4.78 is 1.38. The zero-order chi connectivity index (χ0) is 10.1. The van der Waals surface area contributed by atoms with Gasteiger partial charge < -0.3 is 0 Å². The summed E-state index contributed by atoms with van der Waals surface area (Å²) in [6.45, 7) is 0. The maximum absolute atomic E-state index is 10.5. The zero-order valence-corrected chi connectivity index (χ0v) is 6.95.